The van der Waals surface area contributed by atoms with Gasteiger partial charge in [0.2, 0.25) is 11.8 Å². The van der Waals surface area contributed by atoms with Crippen LogP contribution in [0.5, 0.6) is 5.88 Å². The zero-order valence-corrected chi connectivity index (χ0v) is 22.7. The van der Waals surface area contributed by atoms with Crippen molar-refractivity contribution in [2.75, 3.05) is 6.61 Å². The fourth-order valence-electron chi connectivity index (χ4n) is 6.53. The summed E-state index contributed by atoms with van der Waals surface area (Å²) in [5, 5.41) is 21.6. The highest BCUT2D eigenvalue weighted by Gasteiger charge is 2.55. The number of nitrogens with zero attached hydrogens (tertiary/aromatic N) is 2. The van der Waals surface area contributed by atoms with E-state index in [1.54, 1.807) is 17.1 Å². The van der Waals surface area contributed by atoms with E-state index >= 15 is 0 Å². The first-order valence-electron chi connectivity index (χ1n) is 13.6. The van der Waals surface area contributed by atoms with Gasteiger partial charge in [-0.25, -0.2) is 4.68 Å². The fraction of sp³-hybridized carbons (Fsp3) is 0.750. The number of nitrogens with one attached hydrogen (secondary N) is 2. The predicted octanol–water partition coefficient (Wildman–Crippen LogP) is 4.00. The monoisotopic (exact) mass is 500 g/mol. The molecular formula is C28H44N4O4. The van der Waals surface area contributed by atoms with Crippen LogP contribution in [-0.2, 0) is 4.79 Å². The van der Waals surface area contributed by atoms with Gasteiger partial charge in [0.15, 0.2) is 0 Å². The standard InChI is InChI=1S/C28H44N4O4/c1-17(2)9-23(33)31-27(5,6)7-8-32-26(36-16-18(3)4)22(15-29-32)25(34)30-24-20-10-19-11-21(24)14-28(35,12-19)13-20/h7-8,15,17-21,24,35H,9-14,16H2,1-6H3,(H,30,34)(H,31,33)/b8-7+/t19?,20?,21?,24-,28+. The number of hydrogen-bond donors (Lipinski definition) is 3. The lowest BCUT2D eigenvalue weighted by atomic mass is 9.52. The van der Waals surface area contributed by atoms with Crippen molar-refractivity contribution in [1.82, 2.24) is 20.4 Å². The van der Waals surface area contributed by atoms with Gasteiger partial charge in [-0.2, -0.15) is 5.10 Å². The molecule has 8 heteroatoms. The van der Waals surface area contributed by atoms with E-state index in [1.165, 1.54) is 0 Å². The Labute approximate surface area is 215 Å². The zero-order chi connectivity index (χ0) is 26.3. The van der Waals surface area contributed by atoms with Crippen molar-refractivity contribution in [1.29, 1.82) is 0 Å². The molecule has 2 unspecified atom stereocenters. The number of amides is 2. The molecule has 1 aromatic heterocycles. The molecule has 36 heavy (non-hydrogen) atoms. The van der Waals surface area contributed by atoms with E-state index in [-0.39, 0.29) is 29.7 Å². The van der Waals surface area contributed by atoms with Crippen molar-refractivity contribution in [3.05, 3.63) is 17.8 Å². The number of rotatable bonds is 10. The van der Waals surface area contributed by atoms with Gasteiger partial charge in [-0.3, -0.25) is 9.59 Å². The molecule has 5 rings (SSSR count). The van der Waals surface area contributed by atoms with Gasteiger partial charge in [-0.15, -0.1) is 0 Å². The van der Waals surface area contributed by atoms with Crippen LogP contribution < -0.4 is 15.4 Å². The summed E-state index contributed by atoms with van der Waals surface area (Å²) in [6, 6.07) is 0.0845. The second-order valence-corrected chi connectivity index (χ2v) is 12.9. The average molecular weight is 501 g/mol. The maximum absolute atomic E-state index is 13.5. The number of aliphatic hydroxyl groups is 1. The topological polar surface area (TPSA) is 105 Å². The molecule has 2 amide bonds. The van der Waals surface area contributed by atoms with Gasteiger partial charge in [0.1, 0.15) is 5.56 Å². The molecule has 4 fully saturated rings. The molecule has 200 valence electrons. The summed E-state index contributed by atoms with van der Waals surface area (Å²) in [7, 11) is 0. The highest BCUT2D eigenvalue weighted by atomic mass is 16.5. The Kier molecular flexibility index (Phi) is 7.56. The van der Waals surface area contributed by atoms with Crippen LogP contribution in [0.15, 0.2) is 12.3 Å². The lowest BCUT2D eigenvalue weighted by Gasteiger charge is -2.58. The van der Waals surface area contributed by atoms with Gasteiger partial charge in [-0.05, 0) is 81.6 Å². The minimum absolute atomic E-state index is 0.00297. The first kappa shape index (κ1) is 26.7. The molecule has 4 aliphatic carbocycles. The van der Waals surface area contributed by atoms with Crippen LogP contribution in [0.1, 0.15) is 90.4 Å². The highest BCUT2D eigenvalue weighted by Crippen LogP contribution is 2.55. The third-order valence-corrected chi connectivity index (χ3v) is 7.77. The minimum Gasteiger partial charge on any atom is -0.477 e. The molecule has 1 aromatic rings. The predicted molar refractivity (Wildman–Crippen MR) is 139 cm³/mol. The molecule has 8 nitrogen and oxygen atoms in total. The van der Waals surface area contributed by atoms with Crippen LogP contribution in [0.25, 0.3) is 6.20 Å². The van der Waals surface area contributed by atoms with Crippen LogP contribution in [0.3, 0.4) is 0 Å². The van der Waals surface area contributed by atoms with Crippen LogP contribution in [0.4, 0.5) is 0 Å². The number of hydrogen-bond acceptors (Lipinski definition) is 5. The maximum atomic E-state index is 13.5. The molecule has 2 atom stereocenters. The molecule has 0 saturated heterocycles. The largest absolute Gasteiger partial charge is 0.477 e. The molecule has 0 radical (unpaired) electrons. The van der Waals surface area contributed by atoms with E-state index in [0.29, 0.717) is 42.2 Å². The van der Waals surface area contributed by atoms with Crippen molar-refractivity contribution in [2.45, 2.75) is 97.2 Å². The maximum Gasteiger partial charge on any atom is 0.258 e. The lowest BCUT2D eigenvalue weighted by Crippen LogP contribution is -2.61. The van der Waals surface area contributed by atoms with Crippen molar-refractivity contribution < 1.29 is 19.4 Å². The summed E-state index contributed by atoms with van der Waals surface area (Å²) in [5.74, 6) is 2.03. The van der Waals surface area contributed by atoms with Gasteiger partial charge >= 0.3 is 0 Å². The Morgan fingerprint density at radius 1 is 1.19 bits per heavy atom. The minimum atomic E-state index is -0.587. The van der Waals surface area contributed by atoms with E-state index in [0.717, 1.165) is 32.1 Å². The lowest BCUT2D eigenvalue weighted by molar-refractivity contribution is -0.137. The Hall–Kier alpha value is -2.35. The van der Waals surface area contributed by atoms with Gasteiger partial charge in [0.05, 0.1) is 23.9 Å². The third kappa shape index (κ3) is 6.13. The summed E-state index contributed by atoms with van der Waals surface area (Å²) in [6.45, 7) is 12.5. The summed E-state index contributed by atoms with van der Waals surface area (Å²) >= 11 is 0. The van der Waals surface area contributed by atoms with Crippen LogP contribution in [-0.4, -0.2) is 50.5 Å². The first-order chi connectivity index (χ1) is 16.8. The summed E-state index contributed by atoms with van der Waals surface area (Å²) in [6.07, 6.45) is 10.3. The number of carbonyl (C=O) groups excluding carboxylic acids is 2. The Balaban J connectivity index is 1.49. The van der Waals surface area contributed by atoms with Crippen molar-refractivity contribution in [3.63, 3.8) is 0 Å². The first-order valence-corrected chi connectivity index (χ1v) is 13.6. The summed E-state index contributed by atoms with van der Waals surface area (Å²) in [5.41, 5.74) is -0.707. The zero-order valence-electron chi connectivity index (χ0n) is 22.7. The van der Waals surface area contributed by atoms with Crippen molar-refractivity contribution >= 4 is 18.0 Å². The van der Waals surface area contributed by atoms with E-state index < -0.39 is 11.1 Å². The second kappa shape index (κ2) is 10.2. The van der Waals surface area contributed by atoms with Gasteiger partial charge in [0.25, 0.3) is 5.91 Å². The van der Waals surface area contributed by atoms with E-state index in [9.17, 15) is 14.7 Å². The van der Waals surface area contributed by atoms with Crippen LogP contribution in [0.2, 0.25) is 0 Å². The fourth-order valence-corrected chi connectivity index (χ4v) is 6.53. The molecule has 1 heterocycles. The van der Waals surface area contributed by atoms with Crippen molar-refractivity contribution in [2.24, 2.45) is 29.6 Å². The van der Waals surface area contributed by atoms with Crippen LogP contribution >= 0.6 is 0 Å². The third-order valence-electron chi connectivity index (χ3n) is 7.77. The molecule has 4 aliphatic rings. The van der Waals surface area contributed by atoms with E-state index in [1.807, 2.05) is 33.8 Å². The van der Waals surface area contributed by atoms with Gasteiger partial charge < -0.3 is 20.5 Å². The highest BCUT2D eigenvalue weighted by molar-refractivity contribution is 5.96. The molecule has 4 bridgehead atoms. The number of carbonyl (C=O) groups is 2. The van der Waals surface area contributed by atoms with Gasteiger partial charge in [0, 0.05) is 18.7 Å². The Morgan fingerprint density at radius 2 is 1.86 bits per heavy atom. The normalized spacial score (nSPS) is 29.4. The van der Waals surface area contributed by atoms with Crippen LogP contribution in [0, 0.1) is 29.6 Å². The Morgan fingerprint density at radius 3 is 2.44 bits per heavy atom. The van der Waals surface area contributed by atoms with E-state index in [2.05, 4.69) is 29.6 Å². The number of aromatic nitrogens is 2. The Bertz CT molecular complexity index is 980. The smallest absolute Gasteiger partial charge is 0.258 e. The summed E-state index contributed by atoms with van der Waals surface area (Å²) < 4.78 is 7.65. The molecular weight excluding hydrogens is 456 g/mol. The SMILES string of the molecule is CC(C)COc1c(C(=O)N[C@H]2C3CC4CC2C[C@@](O)(C4)C3)cnn1/C=C/C(C)(C)NC(=O)CC(C)C. The summed E-state index contributed by atoms with van der Waals surface area (Å²) in [4.78, 5) is 25.7. The molecule has 3 N–H and O–H groups in total. The second-order valence-electron chi connectivity index (χ2n) is 12.9. The van der Waals surface area contributed by atoms with Crippen molar-refractivity contribution in [3.8, 4) is 5.88 Å². The molecule has 4 saturated carbocycles. The van der Waals surface area contributed by atoms with Gasteiger partial charge in [-0.1, -0.05) is 27.7 Å². The number of ether oxygens (including phenoxy) is 1. The molecule has 0 spiro atoms. The average Bonchev–Trinajstić information content (AvgIpc) is 3.14. The van der Waals surface area contributed by atoms with E-state index in [4.69, 9.17) is 4.74 Å². The quantitative estimate of drug-likeness (QED) is 0.450. The molecule has 0 aliphatic heterocycles. The molecule has 0 aromatic carbocycles.